The van der Waals surface area contributed by atoms with E-state index in [-0.39, 0.29) is 0 Å². The molecule has 0 saturated heterocycles. The van der Waals surface area contributed by atoms with E-state index < -0.39 is 0 Å². The number of para-hydroxylation sites is 2. The third kappa shape index (κ3) is 4.73. The van der Waals surface area contributed by atoms with Crippen molar-refractivity contribution in [2.24, 2.45) is 0 Å². The molecule has 1 aromatic heterocycles. The number of benzene rings is 3. The van der Waals surface area contributed by atoms with Gasteiger partial charge in [-0.05, 0) is 66.8 Å². The summed E-state index contributed by atoms with van der Waals surface area (Å²) in [7, 11) is 0. The molecule has 0 bridgehead atoms. The van der Waals surface area contributed by atoms with Crippen LogP contribution < -0.4 is 4.74 Å². The van der Waals surface area contributed by atoms with Crippen molar-refractivity contribution < 1.29 is 4.74 Å². The molecule has 4 rings (SSSR count). The zero-order valence-corrected chi connectivity index (χ0v) is 19.5. The monoisotopic (exact) mass is 452 g/mol. The van der Waals surface area contributed by atoms with Gasteiger partial charge in [0.2, 0.25) is 0 Å². The average molecular weight is 453 g/mol. The molecule has 0 radical (unpaired) electrons. The van der Waals surface area contributed by atoms with E-state index in [9.17, 15) is 0 Å². The Balaban J connectivity index is 1.57. The summed E-state index contributed by atoms with van der Waals surface area (Å²) < 4.78 is 8.41. The Kier molecular flexibility index (Phi) is 6.54. The number of nitrogens with zero attached hydrogens (tertiary/aromatic N) is 2. The number of imidazole rings is 1. The fourth-order valence-corrected chi connectivity index (χ4v) is 4.32. The summed E-state index contributed by atoms with van der Waals surface area (Å²) in [5, 5.41) is 1.21. The van der Waals surface area contributed by atoms with Crippen LogP contribution in [0.1, 0.15) is 37.3 Å². The predicted molar refractivity (Wildman–Crippen MR) is 131 cm³/mol. The summed E-state index contributed by atoms with van der Waals surface area (Å²) in [5.41, 5.74) is 5.36. The molecule has 0 aliphatic carbocycles. The summed E-state index contributed by atoms with van der Waals surface area (Å²) in [5.74, 6) is 2.25. The van der Waals surface area contributed by atoms with Crippen LogP contribution in [0.4, 0.5) is 0 Å². The number of aryl methyl sites for hydroxylation is 2. The van der Waals surface area contributed by atoms with Crippen LogP contribution >= 0.6 is 23.2 Å². The van der Waals surface area contributed by atoms with Gasteiger partial charge in [-0.15, -0.1) is 0 Å². The molecule has 0 unspecified atom stereocenters. The lowest BCUT2D eigenvalue weighted by Crippen LogP contribution is -2.07. The molecule has 3 nitrogen and oxygen atoms in total. The Morgan fingerprint density at radius 2 is 1.81 bits per heavy atom. The lowest BCUT2D eigenvalue weighted by atomic mass is 10.0. The SMILES string of the molecule is Cc1ccc(C(C)C)c(OCCCn2c(-c3ccc(Cl)cc3Cl)nc3ccccc32)c1. The van der Waals surface area contributed by atoms with E-state index in [0.717, 1.165) is 41.1 Å². The minimum absolute atomic E-state index is 0.423. The van der Waals surface area contributed by atoms with Crippen LogP contribution in [0, 0.1) is 6.92 Å². The van der Waals surface area contributed by atoms with E-state index in [1.807, 2.05) is 30.3 Å². The highest BCUT2D eigenvalue weighted by Crippen LogP contribution is 2.32. The van der Waals surface area contributed by atoms with Gasteiger partial charge >= 0.3 is 0 Å². The molecule has 0 N–H and O–H groups in total. The first kappa shape index (κ1) is 21.7. The maximum absolute atomic E-state index is 6.50. The summed E-state index contributed by atoms with van der Waals surface area (Å²) in [4.78, 5) is 4.85. The molecule has 5 heteroatoms. The van der Waals surface area contributed by atoms with Gasteiger partial charge in [0.25, 0.3) is 0 Å². The van der Waals surface area contributed by atoms with E-state index in [2.05, 4.69) is 49.6 Å². The minimum Gasteiger partial charge on any atom is -0.493 e. The molecule has 0 saturated carbocycles. The zero-order valence-electron chi connectivity index (χ0n) is 18.0. The van der Waals surface area contributed by atoms with Crippen LogP contribution in [0.15, 0.2) is 60.7 Å². The number of ether oxygens (including phenoxy) is 1. The van der Waals surface area contributed by atoms with Gasteiger partial charge in [-0.25, -0.2) is 4.98 Å². The first-order valence-electron chi connectivity index (χ1n) is 10.6. The van der Waals surface area contributed by atoms with Gasteiger partial charge in [-0.1, -0.05) is 61.3 Å². The summed E-state index contributed by atoms with van der Waals surface area (Å²) in [6.45, 7) is 7.88. The Bertz CT molecular complexity index is 1210. The first-order valence-corrected chi connectivity index (χ1v) is 11.3. The highest BCUT2D eigenvalue weighted by atomic mass is 35.5. The second-order valence-corrected chi connectivity index (χ2v) is 8.94. The molecular weight excluding hydrogens is 427 g/mol. The van der Waals surface area contributed by atoms with Crippen molar-refractivity contribution in [2.45, 2.75) is 39.7 Å². The normalized spacial score (nSPS) is 11.4. The largest absolute Gasteiger partial charge is 0.493 e. The van der Waals surface area contributed by atoms with E-state index in [1.54, 1.807) is 6.07 Å². The van der Waals surface area contributed by atoms with Crippen molar-refractivity contribution >= 4 is 34.2 Å². The summed E-state index contributed by atoms with van der Waals surface area (Å²) >= 11 is 12.6. The molecule has 0 amide bonds. The van der Waals surface area contributed by atoms with Crippen LogP contribution in [0.25, 0.3) is 22.4 Å². The molecule has 1 heterocycles. The van der Waals surface area contributed by atoms with Gasteiger partial charge in [0.1, 0.15) is 11.6 Å². The van der Waals surface area contributed by atoms with Crippen molar-refractivity contribution in [3.05, 3.63) is 81.8 Å². The number of aromatic nitrogens is 2. The van der Waals surface area contributed by atoms with Crippen molar-refractivity contribution in [1.29, 1.82) is 0 Å². The number of fused-ring (bicyclic) bond motifs is 1. The second kappa shape index (κ2) is 9.33. The third-order valence-electron chi connectivity index (χ3n) is 5.40. The number of rotatable bonds is 7. The van der Waals surface area contributed by atoms with E-state index in [4.69, 9.17) is 32.9 Å². The standard InChI is InChI=1S/C26H26Cl2N2O/c1-17(2)20-11-9-18(3)15-25(20)31-14-6-13-30-24-8-5-4-7-23(24)29-26(30)21-12-10-19(27)16-22(21)28/h4-5,7-12,15-17H,6,13-14H2,1-3H3. The molecule has 0 aliphatic heterocycles. The molecular formula is C26H26Cl2N2O. The van der Waals surface area contributed by atoms with Gasteiger partial charge in [-0.2, -0.15) is 0 Å². The van der Waals surface area contributed by atoms with E-state index in [0.29, 0.717) is 22.6 Å². The van der Waals surface area contributed by atoms with Crippen LogP contribution in [-0.2, 0) is 6.54 Å². The smallest absolute Gasteiger partial charge is 0.142 e. The Labute approximate surface area is 193 Å². The Hall–Kier alpha value is -2.49. The van der Waals surface area contributed by atoms with Crippen molar-refractivity contribution in [1.82, 2.24) is 9.55 Å². The van der Waals surface area contributed by atoms with Gasteiger partial charge in [-0.3, -0.25) is 0 Å². The lowest BCUT2D eigenvalue weighted by molar-refractivity contribution is 0.298. The highest BCUT2D eigenvalue weighted by molar-refractivity contribution is 6.36. The first-order chi connectivity index (χ1) is 14.9. The van der Waals surface area contributed by atoms with Crippen molar-refractivity contribution in [3.8, 4) is 17.1 Å². The molecule has 160 valence electrons. The predicted octanol–water partition coefficient (Wildman–Crippen LogP) is 7.91. The Morgan fingerprint density at radius 3 is 2.58 bits per heavy atom. The van der Waals surface area contributed by atoms with Crippen LogP contribution in [0.3, 0.4) is 0 Å². The maximum Gasteiger partial charge on any atom is 0.142 e. The fourth-order valence-electron chi connectivity index (χ4n) is 3.83. The second-order valence-electron chi connectivity index (χ2n) is 8.10. The van der Waals surface area contributed by atoms with Crippen molar-refractivity contribution in [2.75, 3.05) is 6.61 Å². The quantitative estimate of drug-likeness (QED) is 0.266. The third-order valence-corrected chi connectivity index (χ3v) is 5.95. The van der Waals surface area contributed by atoms with E-state index in [1.165, 1.54) is 11.1 Å². The van der Waals surface area contributed by atoms with Crippen molar-refractivity contribution in [3.63, 3.8) is 0 Å². The topological polar surface area (TPSA) is 27.1 Å². The van der Waals surface area contributed by atoms with E-state index >= 15 is 0 Å². The highest BCUT2D eigenvalue weighted by Gasteiger charge is 2.15. The van der Waals surface area contributed by atoms with Gasteiger partial charge in [0.05, 0.1) is 22.7 Å². The molecule has 0 aliphatic rings. The van der Waals surface area contributed by atoms with Gasteiger partial charge < -0.3 is 9.30 Å². The number of hydrogen-bond donors (Lipinski definition) is 0. The summed E-state index contributed by atoms with van der Waals surface area (Å²) in [6, 6.07) is 20.1. The van der Waals surface area contributed by atoms with Crippen LogP contribution in [-0.4, -0.2) is 16.2 Å². The molecule has 0 fully saturated rings. The molecule has 31 heavy (non-hydrogen) atoms. The molecule has 0 atom stereocenters. The maximum atomic E-state index is 6.50. The fraction of sp³-hybridized carbons (Fsp3) is 0.269. The van der Waals surface area contributed by atoms with Gasteiger partial charge in [0, 0.05) is 17.1 Å². The average Bonchev–Trinajstić information content (AvgIpc) is 3.09. The lowest BCUT2D eigenvalue weighted by Gasteiger charge is -2.16. The van der Waals surface area contributed by atoms with Crippen LogP contribution in [0.2, 0.25) is 10.0 Å². The molecule has 4 aromatic rings. The van der Waals surface area contributed by atoms with Crippen LogP contribution in [0.5, 0.6) is 5.75 Å². The zero-order chi connectivity index (χ0) is 22.0. The number of hydrogen-bond acceptors (Lipinski definition) is 2. The number of halogens is 2. The summed E-state index contributed by atoms with van der Waals surface area (Å²) in [6.07, 6.45) is 0.851. The minimum atomic E-state index is 0.423. The van der Waals surface area contributed by atoms with Gasteiger partial charge in [0.15, 0.2) is 0 Å². The molecule has 3 aromatic carbocycles. The Morgan fingerprint density at radius 1 is 1.00 bits per heavy atom. The molecule has 0 spiro atoms.